The number of aryl methyl sites for hydroxylation is 2. The van der Waals surface area contributed by atoms with Crippen molar-refractivity contribution in [1.82, 2.24) is 9.97 Å². The molecule has 0 aliphatic rings. The van der Waals surface area contributed by atoms with Gasteiger partial charge in [0.15, 0.2) is 5.16 Å². The van der Waals surface area contributed by atoms with Crippen LogP contribution in [0.1, 0.15) is 18.3 Å². The van der Waals surface area contributed by atoms with Crippen LogP contribution in [0.25, 0.3) is 0 Å². The summed E-state index contributed by atoms with van der Waals surface area (Å²) in [6, 6.07) is 7.09. The van der Waals surface area contributed by atoms with Crippen LogP contribution in [0.15, 0.2) is 29.4 Å². The molecular formula is C14H16ClN3OS. The average molecular weight is 310 g/mol. The number of hydrogen-bond acceptors (Lipinski definition) is 3. The van der Waals surface area contributed by atoms with E-state index in [4.69, 9.17) is 11.6 Å². The first-order chi connectivity index (χ1) is 9.58. The third-order valence-corrected chi connectivity index (χ3v) is 3.86. The van der Waals surface area contributed by atoms with Gasteiger partial charge in [0.25, 0.3) is 0 Å². The van der Waals surface area contributed by atoms with E-state index in [1.165, 1.54) is 11.8 Å². The number of imidazole rings is 1. The number of halogens is 1. The summed E-state index contributed by atoms with van der Waals surface area (Å²) in [6.07, 6.45) is 0.887. The highest BCUT2D eigenvalue weighted by atomic mass is 35.5. The summed E-state index contributed by atoms with van der Waals surface area (Å²) < 4.78 is 0. The number of carbonyl (C=O) groups excluding carboxylic acids is 1. The van der Waals surface area contributed by atoms with Crippen LogP contribution in [0.5, 0.6) is 0 Å². The Kier molecular flexibility index (Phi) is 5.09. The minimum Gasteiger partial charge on any atom is -0.337 e. The normalized spacial score (nSPS) is 10.6. The lowest BCUT2D eigenvalue weighted by Gasteiger charge is -2.04. The van der Waals surface area contributed by atoms with Crippen LogP contribution in [0.2, 0.25) is 5.02 Å². The smallest absolute Gasteiger partial charge is 0.234 e. The van der Waals surface area contributed by atoms with Crippen LogP contribution in [0.3, 0.4) is 0 Å². The van der Waals surface area contributed by atoms with Gasteiger partial charge in [0.1, 0.15) is 0 Å². The Labute approximate surface area is 127 Å². The van der Waals surface area contributed by atoms with E-state index in [2.05, 4.69) is 22.2 Å². The lowest BCUT2D eigenvalue weighted by atomic mass is 10.3. The largest absolute Gasteiger partial charge is 0.337 e. The first-order valence-electron chi connectivity index (χ1n) is 6.32. The Morgan fingerprint density at radius 2 is 2.30 bits per heavy atom. The van der Waals surface area contributed by atoms with Crippen molar-refractivity contribution in [3.63, 3.8) is 0 Å². The number of aromatic nitrogens is 2. The van der Waals surface area contributed by atoms with Gasteiger partial charge in [-0.15, -0.1) is 0 Å². The van der Waals surface area contributed by atoms with Crippen molar-refractivity contribution in [2.75, 3.05) is 11.1 Å². The third kappa shape index (κ3) is 4.02. The molecular weight excluding hydrogens is 294 g/mol. The highest BCUT2D eigenvalue weighted by Crippen LogP contribution is 2.18. The quantitative estimate of drug-likeness (QED) is 0.829. The zero-order valence-corrected chi connectivity index (χ0v) is 12.9. The van der Waals surface area contributed by atoms with Gasteiger partial charge in [0, 0.05) is 16.4 Å². The van der Waals surface area contributed by atoms with E-state index in [1.54, 1.807) is 24.3 Å². The molecule has 0 radical (unpaired) electrons. The molecule has 0 saturated carbocycles. The number of hydrogen-bond donors (Lipinski definition) is 2. The van der Waals surface area contributed by atoms with Crippen LogP contribution in [0.4, 0.5) is 5.69 Å². The maximum absolute atomic E-state index is 11.8. The second kappa shape index (κ2) is 6.81. The SMILES string of the molecule is CCc1nc(SCC(=O)Nc2cccc(Cl)c2)[nH]c1C. The van der Waals surface area contributed by atoms with Crippen molar-refractivity contribution >= 4 is 35.0 Å². The molecule has 20 heavy (non-hydrogen) atoms. The van der Waals surface area contributed by atoms with Crippen LogP contribution >= 0.6 is 23.4 Å². The maximum atomic E-state index is 11.8. The molecule has 106 valence electrons. The molecule has 1 aromatic heterocycles. The maximum Gasteiger partial charge on any atom is 0.234 e. The number of rotatable bonds is 5. The number of amides is 1. The lowest BCUT2D eigenvalue weighted by Crippen LogP contribution is -2.14. The van der Waals surface area contributed by atoms with Gasteiger partial charge >= 0.3 is 0 Å². The van der Waals surface area contributed by atoms with E-state index in [0.29, 0.717) is 16.5 Å². The van der Waals surface area contributed by atoms with Crippen molar-refractivity contribution < 1.29 is 4.79 Å². The summed E-state index contributed by atoms with van der Waals surface area (Å²) in [6.45, 7) is 4.05. The number of nitrogens with one attached hydrogen (secondary N) is 2. The predicted octanol–water partition coefficient (Wildman–Crippen LogP) is 3.66. The Bertz CT molecular complexity index is 612. The molecule has 1 amide bonds. The summed E-state index contributed by atoms with van der Waals surface area (Å²) in [7, 11) is 0. The molecule has 0 unspecified atom stereocenters. The Morgan fingerprint density at radius 3 is 2.95 bits per heavy atom. The van der Waals surface area contributed by atoms with Crippen molar-refractivity contribution in [3.8, 4) is 0 Å². The number of benzene rings is 1. The second-order valence-corrected chi connectivity index (χ2v) is 5.71. The molecule has 0 bridgehead atoms. The summed E-state index contributed by atoms with van der Waals surface area (Å²) in [5.74, 6) is 0.229. The van der Waals surface area contributed by atoms with E-state index < -0.39 is 0 Å². The molecule has 0 saturated heterocycles. The molecule has 0 aliphatic heterocycles. The fourth-order valence-corrected chi connectivity index (χ4v) is 2.71. The number of anilines is 1. The van der Waals surface area contributed by atoms with E-state index >= 15 is 0 Å². The Morgan fingerprint density at radius 1 is 1.50 bits per heavy atom. The summed E-state index contributed by atoms with van der Waals surface area (Å²) in [5, 5.41) is 4.18. The zero-order chi connectivity index (χ0) is 14.5. The first kappa shape index (κ1) is 14.9. The molecule has 6 heteroatoms. The fraction of sp³-hybridized carbons (Fsp3) is 0.286. The number of aromatic amines is 1. The van der Waals surface area contributed by atoms with E-state index in [-0.39, 0.29) is 5.91 Å². The van der Waals surface area contributed by atoms with Gasteiger partial charge in [-0.1, -0.05) is 36.4 Å². The number of carbonyl (C=O) groups is 1. The summed E-state index contributed by atoms with van der Waals surface area (Å²) in [5.41, 5.74) is 2.81. The van der Waals surface area contributed by atoms with Crippen LogP contribution < -0.4 is 5.32 Å². The van der Waals surface area contributed by atoms with E-state index in [0.717, 1.165) is 23.0 Å². The standard InChI is InChI=1S/C14H16ClN3OS/c1-3-12-9(2)16-14(18-12)20-8-13(19)17-11-6-4-5-10(15)7-11/h4-7H,3,8H2,1-2H3,(H,16,18)(H,17,19). The van der Waals surface area contributed by atoms with Gasteiger partial charge in [0.05, 0.1) is 11.4 Å². The zero-order valence-electron chi connectivity index (χ0n) is 11.4. The van der Waals surface area contributed by atoms with E-state index in [9.17, 15) is 4.79 Å². The van der Waals surface area contributed by atoms with Crippen molar-refractivity contribution in [1.29, 1.82) is 0 Å². The van der Waals surface area contributed by atoms with Gasteiger partial charge < -0.3 is 10.3 Å². The molecule has 2 aromatic rings. The molecule has 0 spiro atoms. The fourth-order valence-electron chi connectivity index (χ4n) is 1.78. The first-order valence-corrected chi connectivity index (χ1v) is 7.68. The average Bonchev–Trinajstić information content (AvgIpc) is 2.77. The van der Waals surface area contributed by atoms with Crippen molar-refractivity contribution in [3.05, 3.63) is 40.7 Å². The molecule has 0 aliphatic carbocycles. The van der Waals surface area contributed by atoms with Gasteiger partial charge in [-0.2, -0.15) is 0 Å². The molecule has 2 rings (SSSR count). The van der Waals surface area contributed by atoms with Crippen molar-refractivity contribution in [2.45, 2.75) is 25.4 Å². The van der Waals surface area contributed by atoms with Crippen LogP contribution in [-0.4, -0.2) is 21.6 Å². The van der Waals surface area contributed by atoms with E-state index in [1.807, 2.05) is 6.92 Å². The monoisotopic (exact) mass is 309 g/mol. The molecule has 0 fully saturated rings. The highest BCUT2D eigenvalue weighted by molar-refractivity contribution is 7.99. The molecule has 0 atom stereocenters. The topological polar surface area (TPSA) is 57.8 Å². The second-order valence-electron chi connectivity index (χ2n) is 4.31. The van der Waals surface area contributed by atoms with Gasteiger partial charge in [0.2, 0.25) is 5.91 Å². The molecule has 2 N–H and O–H groups in total. The number of nitrogens with zero attached hydrogens (tertiary/aromatic N) is 1. The Hall–Kier alpha value is -1.46. The minimum absolute atomic E-state index is 0.0793. The molecule has 4 nitrogen and oxygen atoms in total. The molecule has 1 heterocycles. The van der Waals surface area contributed by atoms with Crippen LogP contribution in [0, 0.1) is 6.92 Å². The number of thioether (sulfide) groups is 1. The van der Waals surface area contributed by atoms with Crippen LogP contribution in [-0.2, 0) is 11.2 Å². The third-order valence-electron chi connectivity index (χ3n) is 2.75. The number of H-pyrrole nitrogens is 1. The van der Waals surface area contributed by atoms with Crippen molar-refractivity contribution in [2.24, 2.45) is 0 Å². The van der Waals surface area contributed by atoms with Gasteiger partial charge in [-0.05, 0) is 31.5 Å². The lowest BCUT2D eigenvalue weighted by molar-refractivity contribution is -0.113. The summed E-state index contributed by atoms with van der Waals surface area (Å²) >= 11 is 7.26. The molecule has 1 aromatic carbocycles. The Balaban J connectivity index is 1.88. The predicted molar refractivity (Wildman–Crippen MR) is 83.5 cm³/mol. The summed E-state index contributed by atoms with van der Waals surface area (Å²) in [4.78, 5) is 19.4. The minimum atomic E-state index is -0.0793. The van der Waals surface area contributed by atoms with Gasteiger partial charge in [-0.25, -0.2) is 4.98 Å². The highest BCUT2D eigenvalue weighted by Gasteiger charge is 2.08. The van der Waals surface area contributed by atoms with Gasteiger partial charge in [-0.3, -0.25) is 4.79 Å².